The zero-order chi connectivity index (χ0) is 13.2. The molecule has 4 aliphatic rings. The number of nitrogens with one attached hydrogen (secondary N) is 1. The van der Waals surface area contributed by atoms with Crippen LogP contribution in [-0.2, 0) is 9.59 Å². The van der Waals surface area contributed by atoms with Crippen molar-refractivity contribution in [2.75, 3.05) is 6.54 Å². The zero-order valence-corrected chi connectivity index (χ0v) is 10.9. The zero-order valence-electron chi connectivity index (χ0n) is 10.9. The van der Waals surface area contributed by atoms with Crippen molar-refractivity contribution in [1.82, 2.24) is 10.2 Å². The maximum absolute atomic E-state index is 12.4. The molecule has 102 valence electrons. The number of urea groups is 1. The first-order valence-electron chi connectivity index (χ1n) is 7.27. The molecule has 0 radical (unpaired) electrons. The van der Waals surface area contributed by atoms with Gasteiger partial charge in [0.1, 0.15) is 5.41 Å². The molecule has 4 amide bonds. The van der Waals surface area contributed by atoms with Crippen molar-refractivity contribution in [2.45, 2.75) is 38.5 Å². The number of carbonyl (C=O) groups excluding carboxylic acids is 3. The fourth-order valence-corrected chi connectivity index (χ4v) is 4.30. The van der Waals surface area contributed by atoms with Crippen LogP contribution in [0, 0.1) is 23.2 Å². The first-order chi connectivity index (χ1) is 9.10. The maximum Gasteiger partial charge on any atom is 0.330 e. The van der Waals surface area contributed by atoms with Gasteiger partial charge in [-0.15, -0.1) is 0 Å². The second kappa shape index (κ2) is 3.58. The molecule has 1 saturated heterocycles. The van der Waals surface area contributed by atoms with Gasteiger partial charge in [0.25, 0.3) is 0 Å². The summed E-state index contributed by atoms with van der Waals surface area (Å²) >= 11 is 0. The molecule has 5 nitrogen and oxygen atoms in total. The summed E-state index contributed by atoms with van der Waals surface area (Å²) in [6, 6.07) is -0.504. The number of nitrogens with zero attached hydrogens (tertiary/aromatic N) is 1. The minimum absolute atomic E-state index is 0.246. The van der Waals surface area contributed by atoms with Gasteiger partial charge in [-0.3, -0.25) is 19.8 Å². The van der Waals surface area contributed by atoms with Crippen LogP contribution < -0.4 is 5.32 Å². The van der Waals surface area contributed by atoms with Crippen LogP contribution in [0.2, 0.25) is 0 Å². The number of fused-ring (bicyclic) bond motifs is 2. The van der Waals surface area contributed by atoms with Crippen molar-refractivity contribution in [3.05, 3.63) is 0 Å². The van der Waals surface area contributed by atoms with E-state index in [0.29, 0.717) is 31.2 Å². The first-order valence-corrected chi connectivity index (χ1v) is 7.27. The van der Waals surface area contributed by atoms with E-state index in [1.807, 2.05) is 0 Å². The van der Waals surface area contributed by atoms with E-state index in [4.69, 9.17) is 0 Å². The summed E-state index contributed by atoms with van der Waals surface area (Å²) in [5.74, 6) is 1.31. The van der Waals surface area contributed by atoms with E-state index in [0.717, 1.165) is 12.3 Å². The van der Waals surface area contributed by atoms with E-state index >= 15 is 0 Å². The molecular formula is C14H18N2O3. The monoisotopic (exact) mass is 262 g/mol. The van der Waals surface area contributed by atoms with E-state index < -0.39 is 11.4 Å². The lowest BCUT2D eigenvalue weighted by molar-refractivity contribution is -0.145. The second-order valence-corrected chi connectivity index (χ2v) is 6.69. The van der Waals surface area contributed by atoms with E-state index in [-0.39, 0.29) is 11.8 Å². The Labute approximate surface area is 111 Å². The summed E-state index contributed by atoms with van der Waals surface area (Å²) in [5.41, 5.74) is -0.883. The fourth-order valence-electron chi connectivity index (χ4n) is 4.30. The van der Waals surface area contributed by atoms with Crippen molar-refractivity contribution >= 4 is 17.8 Å². The van der Waals surface area contributed by atoms with Crippen LogP contribution in [0.1, 0.15) is 38.5 Å². The topological polar surface area (TPSA) is 66.5 Å². The Morgan fingerprint density at radius 2 is 1.95 bits per heavy atom. The van der Waals surface area contributed by atoms with Crippen molar-refractivity contribution < 1.29 is 14.4 Å². The van der Waals surface area contributed by atoms with Crippen molar-refractivity contribution in [3.8, 4) is 0 Å². The first kappa shape index (κ1) is 11.4. The van der Waals surface area contributed by atoms with Gasteiger partial charge >= 0.3 is 6.03 Å². The van der Waals surface area contributed by atoms with E-state index in [2.05, 4.69) is 5.32 Å². The third-order valence-corrected chi connectivity index (χ3v) is 5.61. The molecule has 2 bridgehead atoms. The standard InChI is InChI=1S/C14H18N2O3/c17-11-14(3-4-14)12(18)16(13(19)15-11)7-10-6-8-1-2-9(10)5-8/h8-10H,1-7H2,(H,15,17,19). The normalized spacial score (nSPS) is 39.1. The lowest BCUT2D eigenvalue weighted by atomic mass is 9.88. The Hall–Kier alpha value is -1.39. The Balaban J connectivity index is 1.52. The molecule has 4 fully saturated rings. The van der Waals surface area contributed by atoms with Gasteiger partial charge in [0.15, 0.2) is 0 Å². The molecule has 1 N–H and O–H groups in total. The SMILES string of the molecule is O=C1NC(=O)C2(CC2)C(=O)N1CC1CC2CCC1C2. The summed E-state index contributed by atoms with van der Waals surface area (Å²) in [6.07, 6.45) is 6.14. The van der Waals surface area contributed by atoms with Crippen LogP contribution in [0.4, 0.5) is 4.79 Å². The Kier molecular flexibility index (Phi) is 2.16. The van der Waals surface area contributed by atoms with Crippen LogP contribution in [0.3, 0.4) is 0 Å². The smallest absolute Gasteiger partial charge is 0.277 e. The fraction of sp³-hybridized carbons (Fsp3) is 0.786. The van der Waals surface area contributed by atoms with Gasteiger partial charge in [0, 0.05) is 6.54 Å². The highest BCUT2D eigenvalue weighted by Crippen LogP contribution is 2.51. The molecular weight excluding hydrogens is 244 g/mol. The van der Waals surface area contributed by atoms with Crippen molar-refractivity contribution in [1.29, 1.82) is 0 Å². The third-order valence-electron chi connectivity index (χ3n) is 5.61. The average Bonchev–Trinajstić information content (AvgIpc) is 2.93. The molecule has 19 heavy (non-hydrogen) atoms. The number of hydrogen-bond acceptors (Lipinski definition) is 3. The molecule has 4 rings (SSSR count). The van der Waals surface area contributed by atoms with Crippen LogP contribution in [0.15, 0.2) is 0 Å². The second-order valence-electron chi connectivity index (χ2n) is 6.69. The van der Waals surface area contributed by atoms with Gasteiger partial charge in [0.05, 0.1) is 0 Å². The summed E-state index contributed by atoms with van der Waals surface area (Å²) < 4.78 is 0. The molecule has 0 aromatic carbocycles. The Morgan fingerprint density at radius 3 is 2.53 bits per heavy atom. The van der Waals surface area contributed by atoms with Crippen LogP contribution >= 0.6 is 0 Å². The Morgan fingerprint density at radius 1 is 1.16 bits per heavy atom. The lowest BCUT2D eigenvalue weighted by Gasteiger charge is -2.34. The van der Waals surface area contributed by atoms with Crippen molar-refractivity contribution in [3.63, 3.8) is 0 Å². The largest absolute Gasteiger partial charge is 0.330 e. The van der Waals surface area contributed by atoms with E-state index in [1.165, 1.54) is 24.2 Å². The lowest BCUT2D eigenvalue weighted by Crippen LogP contribution is -2.60. The number of carbonyl (C=O) groups is 3. The third kappa shape index (κ3) is 1.50. The maximum atomic E-state index is 12.4. The molecule has 1 aliphatic heterocycles. The van der Waals surface area contributed by atoms with E-state index in [1.54, 1.807) is 0 Å². The molecule has 3 saturated carbocycles. The molecule has 3 unspecified atom stereocenters. The highest BCUT2D eigenvalue weighted by atomic mass is 16.2. The number of rotatable bonds is 2. The summed E-state index contributed by atoms with van der Waals surface area (Å²) in [5, 5.41) is 2.36. The molecule has 0 aromatic heterocycles. The van der Waals surface area contributed by atoms with Gasteiger partial charge < -0.3 is 0 Å². The van der Waals surface area contributed by atoms with Crippen LogP contribution in [0.5, 0.6) is 0 Å². The number of imide groups is 2. The highest BCUT2D eigenvalue weighted by molar-refractivity contribution is 6.20. The van der Waals surface area contributed by atoms with Gasteiger partial charge in [-0.05, 0) is 49.9 Å². The van der Waals surface area contributed by atoms with Crippen LogP contribution in [0.25, 0.3) is 0 Å². The quantitative estimate of drug-likeness (QED) is 0.762. The number of hydrogen-bond donors (Lipinski definition) is 1. The molecule has 1 heterocycles. The predicted octanol–water partition coefficient (Wildman–Crippen LogP) is 1.28. The minimum Gasteiger partial charge on any atom is -0.277 e. The minimum atomic E-state index is -0.883. The van der Waals surface area contributed by atoms with Gasteiger partial charge in [-0.2, -0.15) is 0 Å². The average molecular weight is 262 g/mol. The van der Waals surface area contributed by atoms with Crippen molar-refractivity contribution in [2.24, 2.45) is 23.2 Å². The molecule has 5 heteroatoms. The summed E-state index contributed by atoms with van der Waals surface area (Å²) in [4.78, 5) is 37.3. The molecule has 1 spiro atoms. The van der Waals surface area contributed by atoms with Gasteiger partial charge in [-0.1, -0.05) is 6.42 Å². The number of barbiturate groups is 1. The molecule has 3 aliphatic carbocycles. The molecule has 0 aromatic rings. The number of amides is 4. The summed E-state index contributed by atoms with van der Waals surface area (Å²) in [7, 11) is 0. The van der Waals surface area contributed by atoms with Gasteiger partial charge in [0.2, 0.25) is 11.8 Å². The Bertz CT molecular complexity index is 483. The highest BCUT2D eigenvalue weighted by Gasteiger charge is 2.62. The van der Waals surface area contributed by atoms with E-state index in [9.17, 15) is 14.4 Å². The van der Waals surface area contributed by atoms with Gasteiger partial charge in [-0.25, -0.2) is 4.79 Å². The summed E-state index contributed by atoms with van der Waals surface area (Å²) in [6.45, 7) is 0.515. The predicted molar refractivity (Wildman–Crippen MR) is 65.9 cm³/mol. The molecule has 3 atom stereocenters. The van der Waals surface area contributed by atoms with Crippen LogP contribution in [-0.4, -0.2) is 29.3 Å².